The van der Waals surface area contributed by atoms with Crippen LogP contribution in [0.25, 0.3) is 0 Å². The van der Waals surface area contributed by atoms with Gasteiger partial charge >= 0.3 is 6.03 Å². The van der Waals surface area contributed by atoms with Crippen LogP contribution in [-0.4, -0.2) is 36.1 Å². The van der Waals surface area contributed by atoms with E-state index in [1.807, 2.05) is 0 Å². The van der Waals surface area contributed by atoms with Crippen LogP contribution in [0.5, 0.6) is 0 Å². The SMILES string of the molecule is CC1CC(NC2CC2)CN(C(N)=O)C1. The molecule has 14 heavy (non-hydrogen) atoms. The number of hydrogen-bond acceptors (Lipinski definition) is 2. The van der Waals surface area contributed by atoms with Gasteiger partial charge in [-0.25, -0.2) is 4.79 Å². The van der Waals surface area contributed by atoms with Crippen LogP contribution < -0.4 is 11.1 Å². The Kier molecular flexibility index (Phi) is 2.63. The normalized spacial score (nSPS) is 33.1. The monoisotopic (exact) mass is 197 g/mol. The lowest BCUT2D eigenvalue weighted by molar-refractivity contribution is 0.158. The summed E-state index contributed by atoms with van der Waals surface area (Å²) in [5.74, 6) is 0.562. The van der Waals surface area contributed by atoms with Crippen LogP contribution in [0.2, 0.25) is 0 Å². The Bertz CT molecular complexity index is 225. The molecule has 2 amide bonds. The molecule has 2 aliphatic rings. The predicted octanol–water partition coefficient (Wildman–Crippen LogP) is 0.528. The zero-order chi connectivity index (χ0) is 10.1. The zero-order valence-electron chi connectivity index (χ0n) is 8.70. The number of urea groups is 1. The molecule has 3 N–H and O–H groups in total. The summed E-state index contributed by atoms with van der Waals surface area (Å²) in [5, 5.41) is 3.56. The Hall–Kier alpha value is -0.770. The molecule has 1 aliphatic carbocycles. The number of piperidine rings is 1. The number of carbonyl (C=O) groups excluding carboxylic acids is 1. The van der Waals surface area contributed by atoms with Gasteiger partial charge in [-0.2, -0.15) is 0 Å². The molecule has 4 nitrogen and oxygen atoms in total. The van der Waals surface area contributed by atoms with Crippen molar-refractivity contribution in [2.24, 2.45) is 11.7 Å². The molecule has 80 valence electrons. The van der Waals surface area contributed by atoms with Crippen LogP contribution in [0.15, 0.2) is 0 Å². The summed E-state index contributed by atoms with van der Waals surface area (Å²) in [7, 11) is 0. The average molecular weight is 197 g/mol. The summed E-state index contributed by atoms with van der Waals surface area (Å²) >= 11 is 0. The van der Waals surface area contributed by atoms with E-state index in [0.717, 1.165) is 13.1 Å². The molecule has 1 heterocycles. The first-order valence-corrected chi connectivity index (χ1v) is 5.45. The molecule has 0 aromatic rings. The predicted molar refractivity (Wildman–Crippen MR) is 54.9 cm³/mol. The van der Waals surface area contributed by atoms with Crippen LogP contribution in [0, 0.1) is 5.92 Å². The average Bonchev–Trinajstić information content (AvgIpc) is 2.87. The van der Waals surface area contributed by atoms with Gasteiger partial charge < -0.3 is 16.0 Å². The molecule has 0 aromatic heterocycles. The third kappa shape index (κ3) is 2.38. The van der Waals surface area contributed by atoms with Crippen molar-refractivity contribution in [2.45, 2.75) is 38.3 Å². The molecular formula is C10H19N3O. The second kappa shape index (κ2) is 3.77. The van der Waals surface area contributed by atoms with Gasteiger partial charge in [-0.15, -0.1) is 0 Å². The van der Waals surface area contributed by atoms with Crippen LogP contribution in [0.4, 0.5) is 4.79 Å². The Balaban J connectivity index is 1.87. The van der Waals surface area contributed by atoms with Crippen molar-refractivity contribution >= 4 is 6.03 Å². The van der Waals surface area contributed by atoms with E-state index in [2.05, 4.69) is 12.2 Å². The number of nitrogens with one attached hydrogen (secondary N) is 1. The first kappa shape index (κ1) is 9.77. The van der Waals surface area contributed by atoms with Crippen molar-refractivity contribution in [3.8, 4) is 0 Å². The lowest BCUT2D eigenvalue weighted by Gasteiger charge is -2.36. The molecule has 0 aromatic carbocycles. The van der Waals surface area contributed by atoms with Gasteiger partial charge in [0.2, 0.25) is 0 Å². The van der Waals surface area contributed by atoms with E-state index in [1.165, 1.54) is 19.3 Å². The number of carbonyl (C=O) groups is 1. The fourth-order valence-corrected chi connectivity index (χ4v) is 2.24. The molecule has 0 radical (unpaired) electrons. The fraction of sp³-hybridized carbons (Fsp3) is 0.900. The van der Waals surface area contributed by atoms with Gasteiger partial charge in [0, 0.05) is 25.2 Å². The van der Waals surface area contributed by atoms with Crippen molar-refractivity contribution in [2.75, 3.05) is 13.1 Å². The molecule has 1 saturated heterocycles. The minimum absolute atomic E-state index is 0.279. The van der Waals surface area contributed by atoms with Crippen LogP contribution >= 0.6 is 0 Å². The van der Waals surface area contributed by atoms with Gasteiger partial charge in [-0.3, -0.25) is 0 Å². The van der Waals surface area contributed by atoms with Crippen molar-refractivity contribution in [3.63, 3.8) is 0 Å². The van der Waals surface area contributed by atoms with Gasteiger partial charge in [0.1, 0.15) is 0 Å². The summed E-state index contributed by atoms with van der Waals surface area (Å²) in [6.45, 7) is 3.78. The quantitative estimate of drug-likeness (QED) is 0.678. The lowest BCUT2D eigenvalue weighted by atomic mass is 9.96. The summed E-state index contributed by atoms with van der Waals surface area (Å²) < 4.78 is 0. The van der Waals surface area contributed by atoms with Crippen LogP contribution in [0.3, 0.4) is 0 Å². The number of likely N-dealkylation sites (tertiary alicyclic amines) is 1. The maximum Gasteiger partial charge on any atom is 0.314 e. The molecule has 2 atom stereocenters. The number of rotatable bonds is 2. The third-order valence-electron chi connectivity index (χ3n) is 3.02. The summed E-state index contributed by atoms with van der Waals surface area (Å²) in [6, 6.07) is 0.887. The van der Waals surface area contributed by atoms with E-state index in [-0.39, 0.29) is 6.03 Å². The Morgan fingerprint density at radius 2 is 2.07 bits per heavy atom. The second-order valence-corrected chi connectivity index (χ2v) is 4.72. The highest BCUT2D eigenvalue weighted by Crippen LogP contribution is 2.23. The molecule has 1 aliphatic heterocycles. The zero-order valence-corrected chi connectivity index (χ0v) is 8.70. The number of nitrogens with two attached hydrogens (primary N) is 1. The Morgan fingerprint density at radius 3 is 2.64 bits per heavy atom. The minimum Gasteiger partial charge on any atom is -0.351 e. The maximum atomic E-state index is 11.1. The van der Waals surface area contributed by atoms with Crippen molar-refractivity contribution in [1.82, 2.24) is 10.2 Å². The maximum absolute atomic E-state index is 11.1. The van der Waals surface area contributed by atoms with Crippen molar-refractivity contribution < 1.29 is 4.79 Å². The Labute approximate surface area is 84.8 Å². The number of hydrogen-bond donors (Lipinski definition) is 2. The van der Waals surface area contributed by atoms with E-state index in [1.54, 1.807) is 4.90 Å². The summed E-state index contributed by atoms with van der Waals surface area (Å²) in [6.07, 6.45) is 3.75. The molecule has 2 fully saturated rings. The molecule has 0 spiro atoms. The molecular weight excluding hydrogens is 178 g/mol. The molecule has 2 rings (SSSR count). The summed E-state index contributed by atoms with van der Waals surface area (Å²) in [4.78, 5) is 12.8. The molecule has 0 bridgehead atoms. The van der Waals surface area contributed by atoms with E-state index >= 15 is 0 Å². The van der Waals surface area contributed by atoms with E-state index < -0.39 is 0 Å². The molecule has 1 saturated carbocycles. The standard InChI is InChI=1S/C10H19N3O/c1-7-4-9(12-8-2-3-8)6-13(5-7)10(11)14/h7-9,12H,2-6H2,1H3,(H2,11,14). The highest BCUT2D eigenvalue weighted by molar-refractivity contribution is 5.72. The van der Waals surface area contributed by atoms with Crippen molar-refractivity contribution in [1.29, 1.82) is 0 Å². The largest absolute Gasteiger partial charge is 0.351 e. The van der Waals surface area contributed by atoms with Crippen LogP contribution in [-0.2, 0) is 0 Å². The topological polar surface area (TPSA) is 58.4 Å². The van der Waals surface area contributed by atoms with E-state index in [4.69, 9.17) is 5.73 Å². The van der Waals surface area contributed by atoms with Gasteiger partial charge in [-0.1, -0.05) is 6.92 Å². The van der Waals surface area contributed by atoms with Gasteiger partial charge in [0.25, 0.3) is 0 Å². The Morgan fingerprint density at radius 1 is 1.36 bits per heavy atom. The third-order valence-corrected chi connectivity index (χ3v) is 3.02. The van der Waals surface area contributed by atoms with E-state index in [9.17, 15) is 4.79 Å². The van der Waals surface area contributed by atoms with E-state index in [0.29, 0.717) is 18.0 Å². The number of primary amides is 1. The molecule has 4 heteroatoms. The van der Waals surface area contributed by atoms with Crippen LogP contribution in [0.1, 0.15) is 26.2 Å². The summed E-state index contributed by atoms with van der Waals surface area (Å²) in [5.41, 5.74) is 5.30. The lowest BCUT2D eigenvalue weighted by Crippen LogP contribution is -2.52. The molecule has 2 unspecified atom stereocenters. The highest BCUT2D eigenvalue weighted by atomic mass is 16.2. The minimum atomic E-state index is -0.279. The highest BCUT2D eigenvalue weighted by Gasteiger charge is 2.30. The fourth-order valence-electron chi connectivity index (χ4n) is 2.24. The van der Waals surface area contributed by atoms with Gasteiger partial charge in [0.15, 0.2) is 0 Å². The first-order valence-electron chi connectivity index (χ1n) is 5.45. The number of amides is 2. The van der Waals surface area contributed by atoms with Crippen molar-refractivity contribution in [3.05, 3.63) is 0 Å². The smallest absolute Gasteiger partial charge is 0.314 e. The number of nitrogens with zero attached hydrogens (tertiary/aromatic N) is 1. The first-order chi connectivity index (χ1) is 6.65. The van der Waals surface area contributed by atoms with Gasteiger partial charge in [-0.05, 0) is 25.2 Å². The van der Waals surface area contributed by atoms with Gasteiger partial charge in [0.05, 0.1) is 0 Å². The second-order valence-electron chi connectivity index (χ2n) is 4.72.